The van der Waals surface area contributed by atoms with Gasteiger partial charge in [0.1, 0.15) is 5.44 Å². The van der Waals surface area contributed by atoms with Gasteiger partial charge in [-0.2, -0.15) is 0 Å². The van der Waals surface area contributed by atoms with Gasteiger partial charge in [0.2, 0.25) is 0 Å². The summed E-state index contributed by atoms with van der Waals surface area (Å²) in [6, 6.07) is 47.2. The molecule has 12 rings (SSSR count). The van der Waals surface area contributed by atoms with E-state index in [0.29, 0.717) is 10.7 Å². The van der Waals surface area contributed by atoms with Crippen LogP contribution in [0.1, 0.15) is 11.1 Å². The Hall–Kier alpha value is -6.88. The molecule has 0 spiro atoms. The average Bonchev–Trinajstić information content (AvgIpc) is 4.00. The van der Waals surface area contributed by atoms with E-state index in [0.717, 1.165) is 115 Å². The van der Waals surface area contributed by atoms with Gasteiger partial charge in [0.25, 0.3) is 0 Å². The molecule has 262 valence electrons. The molecule has 5 heterocycles. The largest absolute Gasteiger partial charge is 0.307 e. The zero-order valence-electron chi connectivity index (χ0n) is 30.4. The summed E-state index contributed by atoms with van der Waals surface area (Å²) >= 11 is 0. The Balaban J connectivity index is 1.17. The molecule has 4 aliphatic rings. The number of para-hydroxylation sites is 2. The fraction of sp³-hybridized carbons (Fsp3) is 0.0408. The number of benzene rings is 7. The molecule has 0 aliphatic carbocycles. The van der Waals surface area contributed by atoms with E-state index in [1.54, 1.807) is 6.20 Å². The van der Waals surface area contributed by atoms with Gasteiger partial charge in [0.15, 0.2) is 7.14 Å². The van der Waals surface area contributed by atoms with E-state index in [1.165, 1.54) is 0 Å². The van der Waals surface area contributed by atoms with Crippen LogP contribution in [0.5, 0.6) is 0 Å². The molecular formula is C49H30N5OP. The average molecular weight is 736 g/mol. The molecule has 0 amide bonds. The summed E-state index contributed by atoms with van der Waals surface area (Å²) in [5, 5.41) is 9.43. The predicted octanol–water partition coefficient (Wildman–Crippen LogP) is 7.97. The molecule has 1 atom stereocenters. The van der Waals surface area contributed by atoms with Crippen LogP contribution < -0.4 is 37.5 Å². The van der Waals surface area contributed by atoms with Gasteiger partial charge < -0.3 is 4.57 Å². The normalized spacial score (nSPS) is 14.0. The van der Waals surface area contributed by atoms with Gasteiger partial charge in [-0.05, 0) is 96.8 Å². The second-order valence-corrected chi connectivity index (χ2v) is 17.4. The molecule has 1 unspecified atom stereocenters. The lowest BCUT2D eigenvalue weighted by molar-refractivity contribution is 0.592. The third-order valence-corrected chi connectivity index (χ3v) is 14.9. The highest BCUT2D eigenvalue weighted by Crippen LogP contribution is 2.54. The maximum Gasteiger partial charge on any atom is 0.190 e. The summed E-state index contributed by atoms with van der Waals surface area (Å²) in [5.41, 5.74) is 11.6. The van der Waals surface area contributed by atoms with Crippen LogP contribution in [0.25, 0.3) is 33.4 Å². The minimum atomic E-state index is -3.77. The third-order valence-electron chi connectivity index (χ3n) is 11.7. The number of nitrogens with zero attached hydrogens (tertiary/aromatic N) is 5. The van der Waals surface area contributed by atoms with Crippen molar-refractivity contribution in [3.8, 4) is 33.4 Å². The summed E-state index contributed by atoms with van der Waals surface area (Å²) in [7, 11) is -3.77. The van der Waals surface area contributed by atoms with Gasteiger partial charge in [0, 0.05) is 59.9 Å². The van der Waals surface area contributed by atoms with E-state index in [2.05, 4.69) is 86.6 Å². The number of pyridine rings is 1. The van der Waals surface area contributed by atoms with Crippen molar-refractivity contribution in [1.82, 2.24) is 4.98 Å². The van der Waals surface area contributed by atoms with Crippen molar-refractivity contribution in [2.75, 3.05) is 0 Å². The Kier molecular flexibility index (Phi) is 6.37. The van der Waals surface area contributed by atoms with Crippen LogP contribution in [0, 0.1) is 34.7 Å². The Morgan fingerprint density at radius 1 is 0.429 bits per heavy atom. The fourth-order valence-electron chi connectivity index (χ4n) is 9.28. The third kappa shape index (κ3) is 4.11. The Labute approximate surface area is 320 Å². The second-order valence-electron chi connectivity index (χ2n) is 14.8. The maximum absolute atomic E-state index is 17.1. The van der Waals surface area contributed by atoms with Gasteiger partial charge >= 0.3 is 0 Å². The highest BCUT2D eigenvalue weighted by atomic mass is 31.2. The topological polar surface area (TPSA) is 79.4 Å². The van der Waals surface area contributed by atoms with Crippen molar-refractivity contribution in [2.24, 2.45) is 20.0 Å². The number of hydrogen-bond donors (Lipinski definition) is 0. The number of rotatable bonds is 4. The van der Waals surface area contributed by atoms with Crippen LogP contribution in [0.4, 0.5) is 22.7 Å². The molecule has 7 aromatic carbocycles. The molecule has 1 aromatic heterocycles. The van der Waals surface area contributed by atoms with Gasteiger partial charge in [-0.1, -0.05) is 78.9 Å². The quantitative estimate of drug-likeness (QED) is 0.172. The highest BCUT2D eigenvalue weighted by molar-refractivity contribution is 7.85. The fourth-order valence-corrected chi connectivity index (χ4v) is 12.5. The molecule has 7 heteroatoms. The van der Waals surface area contributed by atoms with Crippen molar-refractivity contribution in [1.29, 1.82) is 0 Å². The van der Waals surface area contributed by atoms with Gasteiger partial charge in [-0.25, -0.2) is 20.0 Å². The van der Waals surface area contributed by atoms with Crippen LogP contribution in [-0.2, 0) is 4.57 Å². The predicted molar refractivity (Wildman–Crippen MR) is 221 cm³/mol. The molecule has 0 radical (unpaired) electrons. The van der Waals surface area contributed by atoms with Crippen LogP contribution in [-0.4, -0.2) is 4.98 Å². The van der Waals surface area contributed by atoms with Crippen molar-refractivity contribution in [2.45, 2.75) is 13.8 Å². The molecule has 56 heavy (non-hydrogen) atoms. The molecule has 0 N–H and O–H groups in total. The van der Waals surface area contributed by atoms with Gasteiger partial charge in [0.05, 0.1) is 44.2 Å². The summed E-state index contributed by atoms with van der Waals surface area (Å²) in [6.07, 6.45) is 1.74. The Morgan fingerprint density at radius 2 is 1.00 bits per heavy atom. The monoisotopic (exact) mass is 735 g/mol. The smallest absolute Gasteiger partial charge is 0.190 e. The van der Waals surface area contributed by atoms with E-state index >= 15 is 4.57 Å². The molecule has 6 nitrogen and oxygen atoms in total. The van der Waals surface area contributed by atoms with Crippen molar-refractivity contribution in [3.05, 3.63) is 199 Å². The zero-order valence-corrected chi connectivity index (χ0v) is 31.3. The number of fused-ring (bicyclic) bond motifs is 12. The zero-order chi connectivity index (χ0) is 37.3. The van der Waals surface area contributed by atoms with Crippen LogP contribution >= 0.6 is 7.14 Å². The molecule has 0 saturated carbocycles. The first-order valence-corrected chi connectivity index (χ1v) is 20.5. The lowest BCUT2D eigenvalue weighted by Crippen LogP contribution is -2.31. The summed E-state index contributed by atoms with van der Waals surface area (Å²) in [4.78, 5) is 25.6. The van der Waals surface area contributed by atoms with Crippen LogP contribution in [0.2, 0.25) is 0 Å². The van der Waals surface area contributed by atoms with E-state index in [1.807, 2.05) is 66.7 Å². The number of aryl methyl sites for hydroxylation is 2. The van der Waals surface area contributed by atoms with Crippen molar-refractivity contribution >= 4 is 45.9 Å². The second kappa shape index (κ2) is 11.3. The highest BCUT2D eigenvalue weighted by Gasteiger charge is 2.41. The summed E-state index contributed by atoms with van der Waals surface area (Å²) in [6.45, 7) is 4.19. The molecule has 0 saturated heterocycles. The minimum absolute atomic E-state index is 0.520. The first-order chi connectivity index (χ1) is 27.5. The van der Waals surface area contributed by atoms with Crippen LogP contribution in [0.15, 0.2) is 166 Å². The molecule has 0 fully saturated rings. The lowest BCUT2D eigenvalue weighted by atomic mass is 9.89. The number of aromatic nitrogens is 1. The standard InChI is InChI=1S/C49H30N5OP/c1-27-18-22-36-43(44-37(51-36)24-20-31-29-11-3-6-14-34(29)53-47(31)44)42(27)33-13-5-8-16-40(33)56(55,41-17-9-10-26-50-41)49-28(2)19-23-39-46(49)45-38(52-39)25-21-32-30-12-4-7-15-35(30)54-48(32)45/h3-26H,1-2H3. The molecular weight excluding hydrogens is 706 g/mol. The molecule has 0 bridgehead atoms. The summed E-state index contributed by atoms with van der Waals surface area (Å²) in [5.74, 6) is 0. The van der Waals surface area contributed by atoms with Gasteiger partial charge in [-0.3, -0.25) is 4.98 Å². The summed E-state index contributed by atoms with van der Waals surface area (Å²) < 4.78 is 17.1. The first-order valence-electron chi connectivity index (χ1n) is 18.8. The molecule has 8 aromatic rings. The maximum atomic E-state index is 17.1. The minimum Gasteiger partial charge on any atom is -0.307 e. The Morgan fingerprint density at radius 3 is 1.66 bits per heavy atom. The lowest BCUT2D eigenvalue weighted by Gasteiger charge is -2.27. The van der Waals surface area contributed by atoms with E-state index in [-0.39, 0.29) is 0 Å². The van der Waals surface area contributed by atoms with Crippen LogP contribution in [0.3, 0.4) is 0 Å². The van der Waals surface area contributed by atoms with E-state index < -0.39 is 7.14 Å². The molecule has 4 aliphatic heterocycles. The van der Waals surface area contributed by atoms with Crippen molar-refractivity contribution in [3.63, 3.8) is 0 Å². The van der Waals surface area contributed by atoms with E-state index in [9.17, 15) is 0 Å². The SMILES string of the molecule is Cc1ccc2c(c1-c1ccccc1P(=O)(c1ccccn1)c1c(C)ccc3c1-c1c4c(ccc1=N3)=c1ccccc1=N4)-c1c3c(ccc1=N2)=c1ccccc1=N3. The first kappa shape index (κ1) is 31.5. The van der Waals surface area contributed by atoms with Gasteiger partial charge in [-0.15, -0.1) is 0 Å². The van der Waals surface area contributed by atoms with Crippen molar-refractivity contribution < 1.29 is 4.57 Å². The number of hydrogen-bond acceptors (Lipinski definition) is 6. The van der Waals surface area contributed by atoms with E-state index in [4.69, 9.17) is 25.0 Å². The Bertz CT molecular complexity index is 3660.